The Morgan fingerprint density at radius 1 is 1.24 bits per heavy atom. The number of hydrogen-bond acceptors (Lipinski definition) is 4. The standard InChI is InChI=1S/C8H6N2O3.2C2H6/c9-6-5-7-1-3-8(4-2-7)13-10(11)12;2*1-2/h1-4H,5H2;2*1-2H3. The third-order valence-corrected chi connectivity index (χ3v) is 1.39. The van der Waals surface area contributed by atoms with Gasteiger partial charge in [-0.1, -0.05) is 39.8 Å². The van der Waals surface area contributed by atoms with E-state index < -0.39 is 5.09 Å². The van der Waals surface area contributed by atoms with Crippen LogP contribution in [0.2, 0.25) is 0 Å². The molecule has 0 aliphatic carbocycles. The van der Waals surface area contributed by atoms with Gasteiger partial charge in [-0.05, 0) is 17.7 Å². The van der Waals surface area contributed by atoms with Gasteiger partial charge in [0.25, 0.3) is 5.09 Å². The smallest absolute Gasteiger partial charge is 0.276 e. The van der Waals surface area contributed by atoms with Crippen LogP contribution in [0.3, 0.4) is 0 Å². The van der Waals surface area contributed by atoms with Crippen LogP contribution in [0.1, 0.15) is 33.3 Å². The van der Waals surface area contributed by atoms with Gasteiger partial charge in [0.2, 0.25) is 0 Å². The summed E-state index contributed by atoms with van der Waals surface area (Å²) < 4.78 is 0. The number of rotatable bonds is 3. The van der Waals surface area contributed by atoms with Crippen LogP contribution in [-0.4, -0.2) is 5.09 Å². The van der Waals surface area contributed by atoms with Crippen molar-refractivity contribution in [3.63, 3.8) is 0 Å². The molecule has 0 heterocycles. The van der Waals surface area contributed by atoms with Gasteiger partial charge in [0.05, 0.1) is 12.5 Å². The van der Waals surface area contributed by atoms with Crippen LogP contribution in [0, 0.1) is 21.4 Å². The maximum atomic E-state index is 9.91. The summed E-state index contributed by atoms with van der Waals surface area (Å²) in [5.74, 6) is 0.159. The molecule has 0 fully saturated rings. The summed E-state index contributed by atoms with van der Waals surface area (Å²) in [4.78, 5) is 14.1. The Balaban J connectivity index is 0. The molecule has 0 bridgehead atoms. The van der Waals surface area contributed by atoms with Crippen LogP contribution in [0.4, 0.5) is 0 Å². The first kappa shape index (κ1) is 17.3. The van der Waals surface area contributed by atoms with Crippen LogP contribution < -0.4 is 4.84 Å². The second-order valence-corrected chi connectivity index (χ2v) is 2.29. The zero-order chi connectivity index (χ0) is 13.7. The molecule has 0 aliphatic rings. The molecule has 0 unspecified atom stereocenters. The highest BCUT2D eigenvalue weighted by atomic mass is 17.0. The molecular formula is C12H18N2O3. The van der Waals surface area contributed by atoms with Crippen molar-refractivity contribution < 1.29 is 9.92 Å². The van der Waals surface area contributed by atoms with Gasteiger partial charge in [0.1, 0.15) is 5.75 Å². The van der Waals surface area contributed by atoms with E-state index in [9.17, 15) is 10.1 Å². The van der Waals surface area contributed by atoms with Crippen molar-refractivity contribution in [2.24, 2.45) is 0 Å². The monoisotopic (exact) mass is 238 g/mol. The van der Waals surface area contributed by atoms with Crippen LogP contribution >= 0.6 is 0 Å². The number of hydrogen-bond donors (Lipinski definition) is 0. The topological polar surface area (TPSA) is 76.2 Å². The molecule has 0 saturated carbocycles. The van der Waals surface area contributed by atoms with E-state index in [1.807, 2.05) is 33.8 Å². The fourth-order valence-corrected chi connectivity index (χ4v) is 0.846. The molecule has 1 rings (SSSR count). The Bertz CT molecular complexity index is 342. The van der Waals surface area contributed by atoms with Crippen molar-refractivity contribution in [1.82, 2.24) is 0 Å². The minimum atomic E-state index is -0.876. The average Bonchev–Trinajstić information content (AvgIpc) is 2.36. The van der Waals surface area contributed by atoms with E-state index in [4.69, 9.17) is 5.26 Å². The van der Waals surface area contributed by atoms with Crippen molar-refractivity contribution >= 4 is 0 Å². The Morgan fingerprint density at radius 2 is 1.71 bits per heavy atom. The average molecular weight is 238 g/mol. The number of nitriles is 1. The van der Waals surface area contributed by atoms with Gasteiger partial charge >= 0.3 is 0 Å². The van der Waals surface area contributed by atoms with E-state index in [-0.39, 0.29) is 5.75 Å². The lowest BCUT2D eigenvalue weighted by molar-refractivity contribution is -0.711. The molecule has 0 spiro atoms. The lowest BCUT2D eigenvalue weighted by Crippen LogP contribution is -2.03. The van der Waals surface area contributed by atoms with Gasteiger partial charge in [0.15, 0.2) is 0 Å². The zero-order valence-corrected chi connectivity index (χ0v) is 10.6. The van der Waals surface area contributed by atoms with Crippen LogP contribution in [-0.2, 0) is 6.42 Å². The molecule has 0 aromatic heterocycles. The Morgan fingerprint density at radius 3 is 2.06 bits per heavy atom. The van der Waals surface area contributed by atoms with Crippen molar-refractivity contribution in [3.8, 4) is 11.8 Å². The Hall–Kier alpha value is -2.09. The van der Waals surface area contributed by atoms with Gasteiger partial charge in [-0.2, -0.15) is 5.26 Å². The summed E-state index contributed by atoms with van der Waals surface area (Å²) in [5, 5.41) is 17.4. The first-order chi connectivity index (χ1) is 8.22. The van der Waals surface area contributed by atoms with Gasteiger partial charge in [-0.25, -0.2) is 0 Å². The van der Waals surface area contributed by atoms with Crippen molar-refractivity contribution in [2.75, 3.05) is 0 Å². The summed E-state index contributed by atoms with van der Waals surface area (Å²) in [5.41, 5.74) is 0.804. The summed E-state index contributed by atoms with van der Waals surface area (Å²) in [6.45, 7) is 8.00. The number of benzene rings is 1. The van der Waals surface area contributed by atoms with Gasteiger partial charge in [0, 0.05) is 0 Å². The largest absolute Gasteiger partial charge is 0.299 e. The molecule has 0 N–H and O–H groups in total. The van der Waals surface area contributed by atoms with Crippen LogP contribution in [0.15, 0.2) is 24.3 Å². The zero-order valence-electron chi connectivity index (χ0n) is 10.6. The first-order valence-electron chi connectivity index (χ1n) is 5.50. The molecule has 5 nitrogen and oxygen atoms in total. The maximum absolute atomic E-state index is 9.91. The second-order valence-electron chi connectivity index (χ2n) is 2.29. The highest BCUT2D eigenvalue weighted by Gasteiger charge is 1.98. The van der Waals surface area contributed by atoms with Crippen LogP contribution in [0.25, 0.3) is 0 Å². The predicted octanol–water partition coefficient (Wildman–Crippen LogP) is 3.38. The summed E-state index contributed by atoms with van der Waals surface area (Å²) >= 11 is 0. The van der Waals surface area contributed by atoms with E-state index >= 15 is 0 Å². The summed E-state index contributed by atoms with van der Waals surface area (Å²) in [7, 11) is 0. The van der Waals surface area contributed by atoms with Gasteiger partial charge in [-0.15, -0.1) is 10.1 Å². The highest BCUT2D eigenvalue weighted by molar-refractivity contribution is 5.28. The fraction of sp³-hybridized carbons (Fsp3) is 0.417. The second kappa shape index (κ2) is 12.0. The van der Waals surface area contributed by atoms with E-state index in [2.05, 4.69) is 4.84 Å². The first-order valence-corrected chi connectivity index (χ1v) is 5.50. The summed E-state index contributed by atoms with van der Waals surface area (Å²) in [6.07, 6.45) is 0.290. The molecule has 17 heavy (non-hydrogen) atoms. The number of nitrogens with zero attached hydrogens (tertiary/aromatic N) is 2. The molecule has 0 amide bonds. The van der Waals surface area contributed by atoms with E-state index in [1.165, 1.54) is 12.1 Å². The fourth-order valence-electron chi connectivity index (χ4n) is 0.846. The Kier molecular flexibility index (Phi) is 12.2. The van der Waals surface area contributed by atoms with Gasteiger partial charge in [-0.3, -0.25) is 4.84 Å². The highest BCUT2D eigenvalue weighted by Crippen LogP contribution is 2.12. The quantitative estimate of drug-likeness (QED) is 0.597. The molecule has 0 aliphatic heterocycles. The SMILES string of the molecule is CC.CC.N#CCc1ccc(O[N+](=O)[O-])cc1. The third-order valence-electron chi connectivity index (χ3n) is 1.39. The van der Waals surface area contributed by atoms with Gasteiger partial charge < -0.3 is 0 Å². The molecule has 94 valence electrons. The lowest BCUT2D eigenvalue weighted by atomic mass is 10.2. The summed E-state index contributed by atoms with van der Waals surface area (Å²) in [6, 6.07) is 8.10. The molecule has 1 aromatic rings. The Labute approximate surface area is 102 Å². The lowest BCUT2D eigenvalue weighted by Gasteiger charge is -1.98. The van der Waals surface area contributed by atoms with E-state index in [0.717, 1.165) is 5.56 Å². The molecular weight excluding hydrogens is 220 g/mol. The molecule has 5 heteroatoms. The normalized spacial score (nSPS) is 7.47. The molecule has 0 saturated heterocycles. The van der Waals surface area contributed by atoms with E-state index in [1.54, 1.807) is 12.1 Å². The molecule has 1 aromatic carbocycles. The predicted molar refractivity (Wildman–Crippen MR) is 66.1 cm³/mol. The van der Waals surface area contributed by atoms with E-state index in [0.29, 0.717) is 6.42 Å². The molecule has 0 atom stereocenters. The van der Waals surface area contributed by atoms with Crippen molar-refractivity contribution in [3.05, 3.63) is 39.9 Å². The van der Waals surface area contributed by atoms with Crippen molar-refractivity contribution in [2.45, 2.75) is 34.1 Å². The third kappa shape index (κ3) is 8.88. The minimum Gasteiger partial charge on any atom is -0.276 e. The maximum Gasteiger partial charge on any atom is 0.299 e. The van der Waals surface area contributed by atoms with Crippen molar-refractivity contribution in [1.29, 1.82) is 5.26 Å². The van der Waals surface area contributed by atoms with Crippen LogP contribution in [0.5, 0.6) is 5.75 Å². The molecule has 0 radical (unpaired) electrons. The minimum absolute atomic E-state index is 0.159.